The van der Waals surface area contributed by atoms with Gasteiger partial charge in [0.15, 0.2) is 5.96 Å². The Morgan fingerprint density at radius 3 is 2.67 bits per heavy atom. The Morgan fingerprint density at radius 2 is 2.07 bits per heavy atom. The molecule has 4 nitrogen and oxygen atoms in total. The summed E-state index contributed by atoms with van der Waals surface area (Å²) in [5, 5.41) is 9.29. The molecule has 2 atom stereocenters. The Balaban J connectivity index is 1.97. The van der Waals surface area contributed by atoms with Crippen LogP contribution in [0, 0.1) is 11.3 Å². The first-order valence-electron chi connectivity index (χ1n) is 4.88. The van der Waals surface area contributed by atoms with Crippen molar-refractivity contribution in [3.05, 3.63) is 35.9 Å². The summed E-state index contributed by atoms with van der Waals surface area (Å²) in [5.41, 5.74) is 6.28. The molecule has 0 saturated heterocycles. The van der Waals surface area contributed by atoms with Crippen molar-refractivity contribution >= 4 is 11.9 Å². The third-order valence-electron chi connectivity index (χ3n) is 2.61. The van der Waals surface area contributed by atoms with Crippen LogP contribution in [-0.4, -0.2) is 11.9 Å². The van der Waals surface area contributed by atoms with Crippen molar-refractivity contribution in [3.63, 3.8) is 0 Å². The summed E-state index contributed by atoms with van der Waals surface area (Å²) in [5.74, 6) is -0.142. The third kappa shape index (κ3) is 2.15. The van der Waals surface area contributed by atoms with Crippen LogP contribution in [0.3, 0.4) is 0 Å². The van der Waals surface area contributed by atoms with Gasteiger partial charge in [-0.15, -0.1) is 0 Å². The second-order valence-corrected chi connectivity index (χ2v) is 3.76. The minimum Gasteiger partial charge on any atom is -0.370 e. The first-order valence-corrected chi connectivity index (χ1v) is 4.88. The quantitative estimate of drug-likeness (QED) is 0.491. The lowest BCUT2D eigenvalue weighted by atomic mass is 10.1. The van der Waals surface area contributed by atoms with Gasteiger partial charge in [-0.2, -0.15) is 0 Å². The van der Waals surface area contributed by atoms with Gasteiger partial charge in [-0.1, -0.05) is 30.3 Å². The van der Waals surface area contributed by atoms with Crippen molar-refractivity contribution in [1.29, 1.82) is 5.41 Å². The topological polar surface area (TPSA) is 79.0 Å². The summed E-state index contributed by atoms with van der Waals surface area (Å²) in [6, 6.07) is 9.93. The lowest BCUT2D eigenvalue weighted by Gasteiger charge is -2.01. The van der Waals surface area contributed by atoms with Gasteiger partial charge in [-0.05, 0) is 17.9 Å². The van der Waals surface area contributed by atoms with Crippen LogP contribution in [0.1, 0.15) is 17.9 Å². The molecule has 0 aliphatic heterocycles. The van der Waals surface area contributed by atoms with Crippen molar-refractivity contribution in [1.82, 2.24) is 5.32 Å². The van der Waals surface area contributed by atoms with Gasteiger partial charge in [0.1, 0.15) is 0 Å². The number of benzene rings is 1. The molecule has 78 valence electrons. The van der Waals surface area contributed by atoms with Crippen molar-refractivity contribution in [2.75, 3.05) is 0 Å². The largest absolute Gasteiger partial charge is 0.370 e. The molecule has 1 saturated carbocycles. The maximum Gasteiger partial charge on any atom is 0.230 e. The molecular formula is C11H13N3O. The SMILES string of the molecule is N=C(N)NC(=O)[C@@H]1C[C@H]1c1ccccc1. The van der Waals surface area contributed by atoms with E-state index in [4.69, 9.17) is 11.1 Å². The van der Waals surface area contributed by atoms with Crippen molar-refractivity contribution in [2.24, 2.45) is 11.7 Å². The molecule has 1 amide bonds. The van der Waals surface area contributed by atoms with E-state index in [9.17, 15) is 4.79 Å². The number of hydrogen-bond acceptors (Lipinski definition) is 2. The van der Waals surface area contributed by atoms with Gasteiger partial charge in [0, 0.05) is 5.92 Å². The van der Waals surface area contributed by atoms with E-state index in [0.717, 1.165) is 6.42 Å². The fraction of sp³-hybridized carbons (Fsp3) is 0.273. The van der Waals surface area contributed by atoms with Crippen LogP contribution in [0.5, 0.6) is 0 Å². The molecule has 0 bridgehead atoms. The third-order valence-corrected chi connectivity index (χ3v) is 2.61. The number of guanidine groups is 1. The Labute approximate surface area is 88.0 Å². The Morgan fingerprint density at radius 1 is 1.40 bits per heavy atom. The highest BCUT2D eigenvalue weighted by atomic mass is 16.2. The van der Waals surface area contributed by atoms with Crippen LogP contribution in [0.25, 0.3) is 0 Å². The van der Waals surface area contributed by atoms with E-state index >= 15 is 0 Å². The standard InChI is InChI=1S/C11H13N3O/c12-11(13)14-10(15)9-6-8(9)7-4-2-1-3-5-7/h1-5,8-9H,6H2,(H4,12,13,14,15)/t8-,9+/m0/s1. The van der Waals surface area contributed by atoms with Crippen LogP contribution in [0.4, 0.5) is 0 Å². The van der Waals surface area contributed by atoms with E-state index in [0.29, 0.717) is 5.92 Å². The maximum atomic E-state index is 11.5. The number of rotatable bonds is 2. The average Bonchev–Trinajstić information content (AvgIpc) is 2.97. The second kappa shape index (κ2) is 3.73. The van der Waals surface area contributed by atoms with E-state index in [2.05, 4.69) is 5.32 Å². The molecule has 4 heteroatoms. The number of nitrogens with two attached hydrogens (primary N) is 1. The number of nitrogens with one attached hydrogen (secondary N) is 2. The number of carbonyl (C=O) groups excluding carboxylic acids is 1. The van der Waals surface area contributed by atoms with Crippen LogP contribution < -0.4 is 11.1 Å². The zero-order valence-electron chi connectivity index (χ0n) is 8.23. The fourth-order valence-corrected chi connectivity index (χ4v) is 1.78. The lowest BCUT2D eigenvalue weighted by molar-refractivity contribution is -0.121. The molecule has 15 heavy (non-hydrogen) atoms. The molecule has 0 unspecified atom stereocenters. The first kappa shape index (κ1) is 9.71. The van der Waals surface area contributed by atoms with E-state index in [1.807, 2.05) is 30.3 Å². The summed E-state index contributed by atoms with van der Waals surface area (Å²) in [6.07, 6.45) is 0.850. The predicted molar refractivity (Wildman–Crippen MR) is 57.3 cm³/mol. The monoisotopic (exact) mass is 203 g/mol. The molecule has 0 heterocycles. The minimum atomic E-state index is -0.279. The van der Waals surface area contributed by atoms with E-state index < -0.39 is 0 Å². The summed E-state index contributed by atoms with van der Waals surface area (Å²) >= 11 is 0. The van der Waals surface area contributed by atoms with Crippen LogP contribution >= 0.6 is 0 Å². The van der Waals surface area contributed by atoms with Gasteiger partial charge >= 0.3 is 0 Å². The molecule has 0 aromatic heterocycles. The maximum absolute atomic E-state index is 11.5. The molecule has 0 spiro atoms. The summed E-state index contributed by atoms with van der Waals surface area (Å²) in [7, 11) is 0. The summed E-state index contributed by atoms with van der Waals surface area (Å²) < 4.78 is 0. The van der Waals surface area contributed by atoms with Crippen LogP contribution in [0.2, 0.25) is 0 Å². The van der Waals surface area contributed by atoms with Gasteiger partial charge in [-0.25, -0.2) is 0 Å². The molecule has 0 radical (unpaired) electrons. The van der Waals surface area contributed by atoms with E-state index in [1.54, 1.807) is 0 Å². The fourth-order valence-electron chi connectivity index (χ4n) is 1.78. The van der Waals surface area contributed by atoms with Gasteiger partial charge in [0.05, 0.1) is 0 Å². The normalized spacial score (nSPS) is 23.2. The molecule has 2 rings (SSSR count). The first-order chi connectivity index (χ1) is 7.18. The van der Waals surface area contributed by atoms with Gasteiger partial charge < -0.3 is 5.73 Å². The van der Waals surface area contributed by atoms with E-state index in [-0.39, 0.29) is 17.8 Å². The highest BCUT2D eigenvalue weighted by Gasteiger charge is 2.43. The average molecular weight is 203 g/mol. The van der Waals surface area contributed by atoms with Gasteiger partial charge in [0.25, 0.3) is 0 Å². The van der Waals surface area contributed by atoms with Crippen LogP contribution in [0.15, 0.2) is 30.3 Å². The molecule has 1 aliphatic carbocycles. The van der Waals surface area contributed by atoms with Crippen molar-refractivity contribution in [3.8, 4) is 0 Å². The number of hydrogen-bond donors (Lipinski definition) is 3. The van der Waals surface area contributed by atoms with E-state index in [1.165, 1.54) is 5.56 Å². The van der Waals surface area contributed by atoms with Crippen LogP contribution in [-0.2, 0) is 4.79 Å². The zero-order valence-corrected chi connectivity index (χ0v) is 8.23. The lowest BCUT2D eigenvalue weighted by Crippen LogP contribution is -2.36. The molecule has 1 aromatic carbocycles. The Hall–Kier alpha value is -1.84. The molecule has 4 N–H and O–H groups in total. The minimum absolute atomic E-state index is 0.0173. The van der Waals surface area contributed by atoms with Crippen molar-refractivity contribution in [2.45, 2.75) is 12.3 Å². The highest BCUT2D eigenvalue weighted by Crippen LogP contribution is 2.47. The Kier molecular flexibility index (Phi) is 2.41. The number of carbonyl (C=O) groups is 1. The smallest absolute Gasteiger partial charge is 0.230 e. The Bertz CT molecular complexity index is 388. The predicted octanol–water partition coefficient (Wildman–Crippen LogP) is 0.800. The number of amides is 1. The molecule has 1 aliphatic rings. The second-order valence-electron chi connectivity index (χ2n) is 3.76. The highest BCUT2D eigenvalue weighted by molar-refractivity contribution is 5.97. The summed E-state index contributed by atoms with van der Waals surface area (Å²) in [6.45, 7) is 0. The summed E-state index contributed by atoms with van der Waals surface area (Å²) in [4.78, 5) is 11.5. The molecule has 1 fully saturated rings. The molecule has 1 aromatic rings. The van der Waals surface area contributed by atoms with Gasteiger partial charge in [-0.3, -0.25) is 15.5 Å². The zero-order chi connectivity index (χ0) is 10.8. The van der Waals surface area contributed by atoms with Crippen molar-refractivity contribution < 1.29 is 4.79 Å². The van der Waals surface area contributed by atoms with Gasteiger partial charge in [0.2, 0.25) is 5.91 Å². The molecular weight excluding hydrogens is 190 g/mol.